The van der Waals surface area contributed by atoms with Crippen LogP contribution in [-0.4, -0.2) is 42.1 Å². The minimum atomic E-state index is -0.189. The van der Waals surface area contributed by atoms with Gasteiger partial charge in [-0.25, -0.2) is 9.78 Å². The average Bonchev–Trinajstić information content (AvgIpc) is 3.06. The zero-order valence-corrected chi connectivity index (χ0v) is 17.6. The number of nitrogens with zero attached hydrogens (tertiary/aromatic N) is 3. The number of rotatable bonds is 7. The van der Waals surface area contributed by atoms with Crippen LogP contribution >= 0.6 is 22.9 Å². The lowest BCUT2D eigenvalue weighted by molar-refractivity contribution is 0.254. The maximum Gasteiger partial charge on any atom is 0.326 e. The summed E-state index contributed by atoms with van der Waals surface area (Å²) in [6.07, 6.45) is 0. The lowest BCUT2D eigenvalue weighted by atomic mass is 10.2. The molecule has 0 atom stereocenters. The number of thiazole rings is 1. The standard InChI is InChI=1S/C20H24ClN5OS/c1-3-25(4-2)11-12-26(20(27)23-15-7-5-14(21)6-8-15)16-9-10-17-18(13-16)28-19(22)24-17/h5-10,13H,3-4,11-12H2,1-2H3,(H2,22,24)(H,23,27). The molecule has 0 unspecified atom stereocenters. The number of nitrogens with two attached hydrogens (primary N) is 1. The van der Waals surface area contributed by atoms with E-state index in [1.54, 1.807) is 29.2 Å². The largest absolute Gasteiger partial charge is 0.375 e. The fourth-order valence-corrected chi connectivity index (χ4v) is 3.85. The van der Waals surface area contributed by atoms with Gasteiger partial charge in [0.2, 0.25) is 0 Å². The summed E-state index contributed by atoms with van der Waals surface area (Å²) in [6, 6.07) is 12.7. The molecule has 0 saturated heterocycles. The van der Waals surface area contributed by atoms with Crippen LogP contribution in [0.25, 0.3) is 10.2 Å². The molecule has 1 heterocycles. The van der Waals surface area contributed by atoms with Gasteiger partial charge < -0.3 is 16.0 Å². The minimum absolute atomic E-state index is 0.189. The van der Waals surface area contributed by atoms with Crippen LogP contribution in [0.2, 0.25) is 5.02 Å². The van der Waals surface area contributed by atoms with E-state index in [4.69, 9.17) is 17.3 Å². The molecule has 148 valence electrons. The Labute approximate surface area is 173 Å². The smallest absolute Gasteiger partial charge is 0.326 e. The number of nitrogens with one attached hydrogen (secondary N) is 1. The minimum Gasteiger partial charge on any atom is -0.375 e. The van der Waals surface area contributed by atoms with E-state index in [0.717, 1.165) is 35.5 Å². The molecule has 0 fully saturated rings. The Hall–Kier alpha value is -2.35. The molecule has 3 aromatic rings. The third-order valence-electron chi connectivity index (χ3n) is 4.58. The number of urea groups is 1. The van der Waals surface area contributed by atoms with Crippen LogP contribution in [0.3, 0.4) is 0 Å². The highest BCUT2D eigenvalue weighted by atomic mass is 35.5. The van der Waals surface area contributed by atoms with Crippen LogP contribution in [0.1, 0.15) is 13.8 Å². The molecule has 6 nitrogen and oxygen atoms in total. The lowest BCUT2D eigenvalue weighted by Crippen LogP contribution is -2.41. The van der Waals surface area contributed by atoms with E-state index in [1.807, 2.05) is 18.2 Å². The Morgan fingerprint density at radius 1 is 1.14 bits per heavy atom. The second-order valence-corrected chi connectivity index (χ2v) is 7.82. The predicted molar refractivity (Wildman–Crippen MR) is 120 cm³/mol. The SMILES string of the molecule is CCN(CC)CCN(C(=O)Nc1ccc(Cl)cc1)c1ccc2nc(N)sc2c1. The van der Waals surface area contributed by atoms with E-state index in [-0.39, 0.29) is 6.03 Å². The van der Waals surface area contributed by atoms with Crippen molar-refractivity contribution < 1.29 is 4.79 Å². The Bertz CT molecular complexity index is 939. The summed E-state index contributed by atoms with van der Waals surface area (Å²) in [5.41, 5.74) is 8.18. The van der Waals surface area contributed by atoms with Gasteiger partial charge in [0.25, 0.3) is 0 Å². The van der Waals surface area contributed by atoms with E-state index in [0.29, 0.717) is 22.4 Å². The summed E-state index contributed by atoms with van der Waals surface area (Å²) in [4.78, 5) is 21.4. The van der Waals surface area contributed by atoms with Crippen molar-refractivity contribution in [2.75, 3.05) is 42.1 Å². The van der Waals surface area contributed by atoms with E-state index in [2.05, 4.69) is 29.0 Å². The van der Waals surface area contributed by atoms with Crippen molar-refractivity contribution in [3.8, 4) is 0 Å². The molecule has 3 rings (SSSR count). The van der Waals surface area contributed by atoms with Crippen LogP contribution in [0.15, 0.2) is 42.5 Å². The number of hydrogen-bond acceptors (Lipinski definition) is 5. The number of fused-ring (bicyclic) bond motifs is 1. The summed E-state index contributed by atoms with van der Waals surface area (Å²) >= 11 is 7.35. The molecule has 28 heavy (non-hydrogen) atoms. The van der Waals surface area contributed by atoms with Gasteiger partial charge in [0, 0.05) is 29.5 Å². The number of carbonyl (C=O) groups excluding carboxylic acids is 1. The van der Waals surface area contributed by atoms with E-state index in [9.17, 15) is 4.79 Å². The van der Waals surface area contributed by atoms with Gasteiger partial charge in [-0.3, -0.25) is 4.90 Å². The number of amides is 2. The molecule has 0 bridgehead atoms. The topological polar surface area (TPSA) is 74.5 Å². The molecule has 0 saturated carbocycles. The predicted octanol–water partition coefficient (Wildman–Crippen LogP) is 4.91. The number of likely N-dealkylation sites (N-methyl/N-ethyl adjacent to an activating group) is 1. The van der Waals surface area contributed by atoms with E-state index >= 15 is 0 Å². The summed E-state index contributed by atoms with van der Waals surface area (Å²) in [5, 5.41) is 4.10. The highest BCUT2D eigenvalue weighted by molar-refractivity contribution is 7.22. The Balaban J connectivity index is 1.85. The van der Waals surface area contributed by atoms with Crippen molar-refractivity contribution in [1.29, 1.82) is 0 Å². The normalized spacial score (nSPS) is 11.1. The van der Waals surface area contributed by atoms with Gasteiger partial charge in [-0.2, -0.15) is 0 Å². The van der Waals surface area contributed by atoms with Gasteiger partial charge in [0.05, 0.1) is 10.2 Å². The first-order valence-corrected chi connectivity index (χ1v) is 10.4. The lowest BCUT2D eigenvalue weighted by Gasteiger charge is -2.27. The van der Waals surface area contributed by atoms with Crippen LogP contribution in [0.5, 0.6) is 0 Å². The number of carbonyl (C=O) groups is 1. The molecule has 1 aromatic heterocycles. The van der Waals surface area contributed by atoms with Crippen molar-refractivity contribution in [1.82, 2.24) is 9.88 Å². The molecular formula is C20H24ClN5OS. The molecule has 0 aliphatic carbocycles. The van der Waals surface area contributed by atoms with Crippen molar-refractivity contribution in [3.05, 3.63) is 47.5 Å². The number of hydrogen-bond donors (Lipinski definition) is 2. The van der Waals surface area contributed by atoms with Gasteiger partial charge in [-0.05, 0) is 55.6 Å². The molecule has 8 heteroatoms. The zero-order valence-electron chi connectivity index (χ0n) is 16.0. The number of halogens is 1. The fourth-order valence-electron chi connectivity index (χ4n) is 2.95. The first-order valence-electron chi connectivity index (χ1n) is 9.22. The Kier molecular flexibility index (Phi) is 6.72. The number of benzene rings is 2. The van der Waals surface area contributed by atoms with Crippen molar-refractivity contribution in [2.24, 2.45) is 0 Å². The zero-order chi connectivity index (χ0) is 20.1. The molecule has 3 N–H and O–H groups in total. The molecule has 2 aromatic carbocycles. The summed E-state index contributed by atoms with van der Waals surface area (Å²) < 4.78 is 0.960. The van der Waals surface area contributed by atoms with Gasteiger partial charge in [-0.15, -0.1) is 0 Å². The maximum absolute atomic E-state index is 13.1. The molecule has 0 aliphatic rings. The second-order valence-electron chi connectivity index (χ2n) is 6.32. The number of nitrogen functional groups attached to an aromatic ring is 1. The maximum atomic E-state index is 13.1. The van der Waals surface area contributed by atoms with Crippen molar-refractivity contribution >= 4 is 55.7 Å². The summed E-state index contributed by atoms with van der Waals surface area (Å²) in [6.45, 7) is 7.47. The first kappa shape index (κ1) is 20.4. The number of anilines is 3. The highest BCUT2D eigenvalue weighted by Gasteiger charge is 2.18. The quantitative estimate of drug-likeness (QED) is 0.572. The number of aromatic nitrogens is 1. The second kappa shape index (κ2) is 9.23. The average molecular weight is 418 g/mol. The van der Waals surface area contributed by atoms with E-state index < -0.39 is 0 Å². The highest BCUT2D eigenvalue weighted by Crippen LogP contribution is 2.28. The fraction of sp³-hybridized carbons (Fsp3) is 0.300. The van der Waals surface area contributed by atoms with Crippen LogP contribution in [-0.2, 0) is 0 Å². The van der Waals surface area contributed by atoms with Crippen LogP contribution in [0, 0.1) is 0 Å². The molecule has 0 radical (unpaired) electrons. The van der Waals surface area contributed by atoms with Crippen molar-refractivity contribution in [2.45, 2.75) is 13.8 Å². The van der Waals surface area contributed by atoms with E-state index in [1.165, 1.54) is 11.3 Å². The first-order chi connectivity index (χ1) is 13.5. The van der Waals surface area contributed by atoms with Crippen LogP contribution < -0.4 is 16.0 Å². The summed E-state index contributed by atoms with van der Waals surface area (Å²) in [7, 11) is 0. The van der Waals surface area contributed by atoms with Crippen LogP contribution in [0.4, 0.5) is 21.3 Å². The molecule has 2 amide bonds. The van der Waals surface area contributed by atoms with Gasteiger partial charge >= 0.3 is 6.03 Å². The third kappa shape index (κ3) is 4.92. The molecule has 0 aliphatic heterocycles. The van der Waals surface area contributed by atoms with Gasteiger partial charge in [0.15, 0.2) is 5.13 Å². The van der Waals surface area contributed by atoms with Crippen molar-refractivity contribution in [3.63, 3.8) is 0 Å². The molecule has 0 spiro atoms. The van der Waals surface area contributed by atoms with Gasteiger partial charge in [0.1, 0.15) is 0 Å². The summed E-state index contributed by atoms with van der Waals surface area (Å²) in [5.74, 6) is 0. The van der Waals surface area contributed by atoms with Gasteiger partial charge in [-0.1, -0.05) is 36.8 Å². The molecular weight excluding hydrogens is 394 g/mol. The Morgan fingerprint density at radius 2 is 1.86 bits per heavy atom. The monoisotopic (exact) mass is 417 g/mol. The Morgan fingerprint density at radius 3 is 2.54 bits per heavy atom. The third-order valence-corrected chi connectivity index (χ3v) is 5.67.